The van der Waals surface area contributed by atoms with E-state index in [1.54, 1.807) is 0 Å². The Labute approximate surface area is 265 Å². The fraction of sp³-hybridized carbons (Fsp3) is 0.500. The number of carbonyl (C=O) groups is 5. The molecule has 0 saturated heterocycles. The lowest BCUT2D eigenvalue weighted by Crippen LogP contribution is -2.42. The first kappa shape index (κ1) is 35.1. The number of nitrogen functional groups attached to an aromatic ring is 2. The topological polar surface area (TPSA) is 294 Å². The van der Waals surface area contributed by atoms with Crippen LogP contribution in [0.25, 0.3) is 0 Å². The van der Waals surface area contributed by atoms with E-state index in [1.807, 2.05) is 0 Å². The zero-order chi connectivity index (χ0) is 33.4. The van der Waals surface area contributed by atoms with Crippen molar-refractivity contribution in [2.75, 3.05) is 23.0 Å². The molecule has 0 aromatic carbocycles. The minimum Gasteiger partial charge on any atom is -0.503 e. The number of hydrogen-bond donors (Lipinski definition) is 8. The van der Waals surface area contributed by atoms with Gasteiger partial charge in [-0.05, 0) is 12.8 Å². The summed E-state index contributed by atoms with van der Waals surface area (Å²) >= 11 is 2.06. The summed E-state index contributed by atoms with van der Waals surface area (Å²) in [5.74, 6) is -7.27. The van der Waals surface area contributed by atoms with Gasteiger partial charge < -0.3 is 42.5 Å². The van der Waals surface area contributed by atoms with Crippen molar-refractivity contribution >= 4 is 64.8 Å². The number of carbonyl (C=O) groups excluding carboxylic acids is 3. The summed E-state index contributed by atoms with van der Waals surface area (Å²) < 4.78 is 0. The molecular weight excluding hydrogens is 632 g/mol. The summed E-state index contributed by atoms with van der Waals surface area (Å²) in [6.07, 6.45) is 2.25. The molecule has 2 amide bonds. The monoisotopic (exact) mass is 666 g/mol. The van der Waals surface area contributed by atoms with Crippen LogP contribution in [0.1, 0.15) is 55.1 Å². The van der Waals surface area contributed by atoms with Crippen LogP contribution in [-0.4, -0.2) is 93.5 Å². The Hall–Kier alpha value is -4.39. The molecule has 2 aromatic heterocycles. The molecule has 1 saturated carbocycles. The van der Waals surface area contributed by atoms with Crippen LogP contribution in [0.3, 0.4) is 0 Å². The summed E-state index contributed by atoms with van der Waals surface area (Å²) in [6, 6.07) is -1.37. The summed E-state index contributed by atoms with van der Waals surface area (Å²) in [5.41, 5.74) is 11.8. The highest BCUT2D eigenvalue weighted by molar-refractivity contribution is 7.99. The highest BCUT2D eigenvalue weighted by Crippen LogP contribution is 2.48. The molecule has 1 fully saturated rings. The van der Waals surface area contributed by atoms with Gasteiger partial charge in [-0.15, -0.1) is 23.5 Å². The van der Waals surface area contributed by atoms with E-state index in [0.717, 1.165) is 29.7 Å². The van der Waals surface area contributed by atoms with Crippen molar-refractivity contribution in [3.63, 3.8) is 0 Å². The molecule has 2 heterocycles. The maximum atomic E-state index is 14.3. The summed E-state index contributed by atoms with van der Waals surface area (Å²) in [4.78, 5) is 77.4. The third-order valence-electron chi connectivity index (χ3n) is 6.84. The van der Waals surface area contributed by atoms with Gasteiger partial charge in [-0.2, -0.15) is 4.98 Å². The Morgan fingerprint density at radius 2 is 1.44 bits per heavy atom. The molecule has 0 radical (unpaired) electrons. The average Bonchev–Trinajstić information content (AvgIpc) is 2.94. The van der Waals surface area contributed by atoms with Crippen LogP contribution >= 0.6 is 23.5 Å². The first-order chi connectivity index (χ1) is 21.2. The molecule has 45 heavy (non-hydrogen) atoms. The van der Waals surface area contributed by atoms with Crippen molar-refractivity contribution in [2.24, 2.45) is 11.8 Å². The van der Waals surface area contributed by atoms with Crippen LogP contribution < -0.4 is 22.1 Å². The van der Waals surface area contributed by atoms with Crippen molar-refractivity contribution in [3.05, 3.63) is 23.8 Å². The first-order valence-electron chi connectivity index (χ1n) is 13.6. The minimum atomic E-state index is -1.30. The second-order valence-electron chi connectivity index (χ2n) is 10.2. The van der Waals surface area contributed by atoms with Gasteiger partial charge in [0.05, 0.1) is 22.4 Å². The standard InChI is InChI=1S/C26H34N8O9S2/c1-10(35)30-15(24(40)41)8-44-20(14-6-18(38)33-26(28)32-14)12-4-3-5-13(19(12)39)21(23-29-7-17(37)22(27)34-23)45-9-16(25(42)43)31-11(2)36/h6-7,12-13,15-16,20-21,37H,3-5,8-9H2,1-2H3,(H,30,35)(H,31,36)(H,40,41)(H,42,43)(H2,27,29,34)(H3,28,32,33,38)/t12?,13?,15-,16-,20?,21?/m0/s1. The molecular formula is C26H34N8O9S2. The van der Waals surface area contributed by atoms with Gasteiger partial charge >= 0.3 is 11.9 Å². The number of amides is 2. The number of aliphatic carboxylic acids is 2. The number of carboxylic acid groups (broad SMARTS) is 2. The van der Waals surface area contributed by atoms with Gasteiger partial charge in [0.2, 0.25) is 23.6 Å². The molecule has 0 aliphatic heterocycles. The Morgan fingerprint density at radius 1 is 0.911 bits per heavy atom. The first-order valence-corrected chi connectivity index (χ1v) is 15.7. The number of rotatable bonds is 14. The quantitative estimate of drug-likeness (QED) is 0.134. The third-order valence-corrected chi connectivity index (χ3v) is 9.72. The fourth-order valence-electron chi connectivity index (χ4n) is 4.89. The van der Waals surface area contributed by atoms with Crippen LogP contribution in [-0.2, 0) is 24.0 Å². The van der Waals surface area contributed by atoms with E-state index >= 15 is 0 Å². The molecule has 6 atom stereocenters. The fourth-order valence-corrected chi connectivity index (χ4v) is 7.70. The predicted molar refractivity (Wildman–Crippen MR) is 163 cm³/mol. The maximum Gasteiger partial charge on any atom is 0.327 e. The van der Waals surface area contributed by atoms with Crippen molar-refractivity contribution in [1.82, 2.24) is 30.6 Å². The van der Waals surface area contributed by atoms with Crippen molar-refractivity contribution in [2.45, 2.75) is 55.7 Å². The van der Waals surface area contributed by atoms with Crippen molar-refractivity contribution < 1.29 is 44.4 Å². The second kappa shape index (κ2) is 15.6. The number of aromatic nitrogens is 4. The van der Waals surface area contributed by atoms with Crippen molar-refractivity contribution in [1.29, 1.82) is 0 Å². The minimum absolute atomic E-state index is 0.0611. The number of nitrogens with two attached hydrogens (primary N) is 2. The Morgan fingerprint density at radius 3 is 1.93 bits per heavy atom. The SMILES string of the molecule is CC(=O)N[C@@H](CSC(c1cc(O)nc(N)n1)C1CCCC(C(SC[C@H](NC(C)=O)C(=O)O)c2ncc(O)c(N)n2)C1=O)C(=O)O. The van der Waals surface area contributed by atoms with Gasteiger partial charge in [-0.1, -0.05) is 6.42 Å². The van der Waals surface area contributed by atoms with Crippen LogP contribution in [0.5, 0.6) is 11.6 Å². The zero-order valence-electron chi connectivity index (χ0n) is 24.2. The lowest BCUT2D eigenvalue weighted by atomic mass is 9.76. The second-order valence-corrected chi connectivity index (χ2v) is 12.6. The summed E-state index contributed by atoms with van der Waals surface area (Å²) in [7, 11) is 0. The summed E-state index contributed by atoms with van der Waals surface area (Å²) in [6.45, 7) is 2.35. The van der Waals surface area contributed by atoms with E-state index in [0.29, 0.717) is 19.3 Å². The van der Waals surface area contributed by atoms with Crippen LogP contribution in [0.4, 0.5) is 11.8 Å². The molecule has 4 unspecified atom stereocenters. The van der Waals surface area contributed by atoms with E-state index in [1.165, 1.54) is 19.9 Å². The molecule has 1 aliphatic rings. The molecule has 244 valence electrons. The van der Waals surface area contributed by atoms with Crippen LogP contribution in [0, 0.1) is 11.8 Å². The molecule has 1 aliphatic carbocycles. The van der Waals surface area contributed by atoms with Crippen molar-refractivity contribution in [3.8, 4) is 11.6 Å². The van der Waals surface area contributed by atoms with Gasteiger partial charge in [0.1, 0.15) is 23.7 Å². The van der Waals surface area contributed by atoms with Gasteiger partial charge in [0.25, 0.3) is 0 Å². The number of thioether (sulfide) groups is 2. The highest BCUT2D eigenvalue weighted by Gasteiger charge is 2.43. The Kier molecular flexibility index (Phi) is 12.1. The van der Waals surface area contributed by atoms with E-state index in [2.05, 4.69) is 30.6 Å². The number of aromatic hydroxyl groups is 2. The number of Topliss-reactive ketones (excluding diaryl/α,β-unsaturated/α-hetero) is 1. The average molecular weight is 667 g/mol. The summed E-state index contributed by atoms with van der Waals surface area (Å²) in [5, 5.41) is 42.3. The Balaban J connectivity index is 2.01. The number of carboxylic acids is 2. The molecule has 3 rings (SSSR count). The normalized spacial score (nSPS) is 19.1. The molecule has 2 aromatic rings. The number of hydrogen-bond acceptors (Lipinski definition) is 15. The Bertz CT molecular complexity index is 1430. The van der Waals surface area contributed by atoms with E-state index < -0.39 is 64.1 Å². The molecule has 19 heteroatoms. The largest absolute Gasteiger partial charge is 0.503 e. The van der Waals surface area contributed by atoms with Crippen LogP contribution in [0.2, 0.25) is 0 Å². The molecule has 17 nitrogen and oxygen atoms in total. The smallest absolute Gasteiger partial charge is 0.327 e. The van der Waals surface area contributed by atoms with Gasteiger partial charge in [0.15, 0.2) is 11.6 Å². The van der Waals surface area contributed by atoms with Gasteiger partial charge in [-0.3, -0.25) is 14.4 Å². The third kappa shape index (κ3) is 9.55. The molecule has 10 N–H and O–H groups in total. The highest BCUT2D eigenvalue weighted by atomic mass is 32.2. The van der Waals surface area contributed by atoms with Crippen LogP contribution in [0.15, 0.2) is 12.3 Å². The zero-order valence-corrected chi connectivity index (χ0v) is 25.9. The lowest BCUT2D eigenvalue weighted by Gasteiger charge is -2.36. The number of nitrogens with zero attached hydrogens (tertiary/aromatic N) is 4. The number of nitrogens with one attached hydrogen (secondary N) is 2. The van der Waals surface area contributed by atoms with E-state index in [9.17, 15) is 44.4 Å². The lowest BCUT2D eigenvalue weighted by molar-refractivity contribution is -0.141. The van der Waals surface area contributed by atoms with Gasteiger partial charge in [0, 0.05) is 43.3 Å². The predicted octanol–water partition coefficient (Wildman–Crippen LogP) is 0.255. The van der Waals surface area contributed by atoms with Gasteiger partial charge in [-0.25, -0.2) is 24.5 Å². The maximum absolute atomic E-state index is 14.3. The molecule has 0 spiro atoms. The number of ketones is 1. The van der Waals surface area contributed by atoms with E-state index in [-0.39, 0.29) is 46.3 Å². The number of anilines is 2. The van der Waals surface area contributed by atoms with E-state index in [4.69, 9.17) is 11.5 Å². The molecule has 0 bridgehead atoms.